The fourth-order valence-electron chi connectivity index (χ4n) is 2.11. The molecular formula is C17H13BrFN5O2. The molecule has 0 radical (unpaired) electrons. The van der Waals surface area contributed by atoms with Crippen LogP contribution in [0.4, 0.5) is 22.0 Å². The summed E-state index contributed by atoms with van der Waals surface area (Å²) in [6, 6.07) is 10.8. The Labute approximate surface area is 156 Å². The minimum atomic E-state index is -0.347. The van der Waals surface area contributed by atoms with E-state index in [1.807, 2.05) is 0 Å². The van der Waals surface area contributed by atoms with Gasteiger partial charge in [-0.15, -0.1) is 0 Å². The molecule has 0 saturated carbocycles. The third kappa shape index (κ3) is 4.51. The lowest BCUT2D eigenvalue weighted by molar-refractivity contribution is 0.111. The molecule has 3 aromatic rings. The Morgan fingerprint density at radius 2 is 1.92 bits per heavy atom. The maximum absolute atomic E-state index is 13.0. The standard InChI is InChI=1S/C17H13BrFN5O2/c18-11-1-6-14(10(7-11)8-25)26-9-15-22-16(20)24-17(23-15)21-13-4-2-12(19)3-5-13/h1-8H,9H2,(H3,20,21,22,23,24). The van der Waals surface area contributed by atoms with Crippen molar-refractivity contribution in [3.8, 4) is 5.75 Å². The third-order valence-electron chi connectivity index (χ3n) is 3.25. The minimum absolute atomic E-state index is 0.00666. The van der Waals surface area contributed by atoms with E-state index in [1.54, 1.807) is 30.3 Å². The van der Waals surface area contributed by atoms with Crippen LogP contribution in [0.5, 0.6) is 5.75 Å². The van der Waals surface area contributed by atoms with Crippen molar-refractivity contribution in [3.05, 3.63) is 64.1 Å². The summed E-state index contributed by atoms with van der Waals surface area (Å²) in [5, 5.41) is 2.91. The first-order valence-electron chi connectivity index (χ1n) is 7.44. The number of aldehydes is 1. The molecule has 0 fully saturated rings. The zero-order chi connectivity index (χ0) is 18.5. The van der Waals surface area contributed by atoms with Crippen LogP contribution in [0.25, 0.3) is 0 Å². The Kier molecular flexibility index (Phi) is 5.37. The van der Waals surface area contributed by atoms with Crippen molar-refractivity contribution in [2.75, 3.05) is 11.1 Å². The number of anilines is 3. The Balaban J connectivity index is 1.75. The quantitative estimate of drug-likeness (QED) is 0.591. The molecule has 2 aromatic carbocycles. The average Bonchev–Trinajstić information content (AvgIpc) is 2.62. The third-order valence-corrected chi connectivity index (χ3v) is 3.75. The number of benzene rings is 2. The maximum atomic E-state index is 13.0. The predicted octanol–water partition coefficient (Wildman–Crippen LogP) is 3.49. The largest absolute Gasteiger partial charge is 0.485 e. The van der Waals surface area contributed by atoms with E-state index in [1.165, 1.54) is 12.1 Å². The van der Waals surface area contributed by atoms with Gasteiger partial charge in [0.25, 0.3) is 0 Å². The summed E-state index contributed by atoms with van der Waals surface area (Å²) in [5.41, 5.74) is 6.69. The summed E-state index contributed by atoms with van der Waals surface area (Å²) < 4.78 is 19.3. The minimum Gasteiger partial charge on any atom is -0.485 e. The Morgan fingerprint density at radius 3 is 2.65 bits per heavy atom. The van der Waals surface area contributed by atoms with Crippen molar-refractivity contribution in [2.45, 2.75) is 6.61 Å². The number of rotatable bonds is 6. The first-order chi connectivity index (χ1) is 12.5. The molecule has 0 amide bonds. The number of nitrogens with one attached hydrogen (secondary N) is 1. The van der Waals surface area contributed by atoms with E-state index in [0.29, 0.717) is 23.3 Å². The molecule has 0 bridgehead atoms. The van der Waals surface area contributed by atoms with Crippen LogP contribution in [0.2, 0.25) is 0 Å². The summed E-state index contributed by atoms with van der Waals surface area (Å²) >= 11 is 3.29. The van der Waals surface area contributed by atoms with Gasteiger partial charge in [0.1, 0.15) is 18.2 Å². The van der Waals surface area contributed by atoms with Crippen LogP contribution < -0.4 is 15.8 Å². The van der Waals surface area contributed by atoms with Gasteiger partial charge >= 0.3 is 0 Å². The van der Waals surface area contributed by atoms with Crippen molar-refractivity contribution in [1.29, 1.82) is 0 Å². The van der Waals surface area contributed by atoms with Gasteiger partial charge in [0.05, 0.1) is 5.56 Å². The Hall–Kier alpha value is -3.07. The number of ether oxygens (including phenoxy) is 1. The number of halogens is 2. The van der Waals surface area contributed by atoms with Gasteiger partial charge in [0.15, 0.2) is 12.1 Å². The summed E-state index contributed by atoms with van der Waals surface area (Å²) in [4.78, 5) is 23.3. The van der Waals surface area contributed by atoms with E-state index in [2.05, 4.69) is 36.2 Å². The SMILES string of the molecule is Nc1nc(COc2ccc(Br)cc2C=O)nc(Nc2ccc(F)cc2)n1. The van der Waals surface area contributed by atoms with Crippen molar-refractivity contribution in [3.63, 3.8) is 0 Å². The molecular weight excluding hydrogens is 405 g/mol. The first kappa shape index (κ1) is 17.7. The molecule has 1 heterocycles. The van der Waals surface area contributed by atoms with Gasteiger partial charge < -0.3 is 15.8 Å². The smallest absolute Gasteiger partial charge is 0.232 e. The molecule has 26 heavy (non-hydrogen) atoms. The summed E-state index contributed by atoms with van der Waals surface area (Å²) in [6.07, 6.45) is 0.698. The van der Waals surface area contributed by atoms with Gasteiger partial charge in [-0.25, -0.2) is 4.39 Å². The van der Waals surface area contributed by atoms with Gasteiger partial charge in [-0.1, -0.05) is 15.9 Å². The molecule has 0 aliphatic rings. The molecule has 0 unspecified atom stereocenters. The van der Waals surface area contributed by atoms with E-state index in [0.717, 1.165) is 4.47 Å². The molecule has 0 aliphatic heterocycles. The van der Waals surface area contributed by atoms with Crippen LogP contribution in [0.1, 0.15) is 16.2 Å². The lowest BCUT2D eigenvalue weighted by Gasteiger charge is -2.10. The van der Waals surface area contributed by atoms with Crippen LogP contribution in [0.15, 0.2) is 46.9 Å². The topological polar surface area (TPSA) is 103 Å². The molecule has 3 rings (SSSR count). The highest BCUT2D eigenvalue weighted by atomic mass is 79.9. The second kappa shape index (κ2) is 7.87. The number of nitrogens with two attached hydrogens (primary N) is 1. The molecule has 7 nitrogen and oxygen atoms in total. The number of hydrogen-bond acceptors (Lipinski definition) is 7. The highest BCUT2D eigenvalue weighted by molar-refractivity contribution is 9.10. The van der Waals surface area contributed by atoms with Crippen molar-refractivity contribution in [1.82, 2.24) is 15.0 Å². The van der Waals surface area contributed by atoms with E-state index >= 15 is 0 Å². The zero-order valence-corrected chi connectivity index (χ0v) is 14.9. The monoisotopic (exact) mass is 417 g/mol. The number of hydrogen-bond donors (Lipinski definition) is 2. The number of carbonyl (C=O) groups is 1. The van der Waals surface area contributed by atoms with Gasteiger partial charge in [0.2, 0.25) is 11.9 Å². The Morgan fingerprint density at radius 1 is 1.15 bits per heavy atom. The first-order valence-corrected chi connectivity index (χ1v) is 8.23. The Bertz CT molecular complexity index is 937. The second-order valence-electron chi connectivity index (χ2n) is 5.15. The molecule has 0 atom stereocenters. The van der Waals surface area contributed by atoms with Crippen LogP contribution >= 0.6 is 15.9 Å². The normalized spacial score (nSPS) is 10.4. The number of nitrogen functional groups attached to an aromatic ring is 1. The van der Waals surface area contributed by atoms with E-state index < -0.39 is 0 Å². The number of carbonyl (C=O) groups excluding carboxylic acids is 1. The summed E-state index contributed by atoms with van der Waals surface area (Å²) in [6.45, 7) is -0.00666. The van der Waals surface area contributed by atoms with Crippen LogP contribution in [0, 0.1) is 5.82 Å². The average molecular weight is 418 g/mol. The molecule has 1 aromatic heterocycles. The molecule has 132 valence electrons. The van der Waals surface area contributed by atoms with Crippen molar-refractivity contribution in [2.24, 2.45) is 0 Å². The molecule has 0 saturated heterocycles. The van der Waals surface area contributed by atoms with Crippen LogP contribution in [-0.4, -0.2) is 21.2 Å². The maximum Gasteiger partial charge on any atom is 0.232 e. The van der Waals surface area contributed by atoms with Gasteiger partial charge in [-0.3, -0.25) is 4.79 Å². The van der Waals surface area contributed by atoms with Gasteiger partial charge in [-0.05, 0) is 42.5 Å². The van der Waals surface area contributed by atoms with Crippen LogP contribution in [0.3, 0.4) is 0 Å². The lowest BCUT2D eigenvalue weighted by Crippen LogP contribution is -2.09. The van der Waals surface area contributed by atoms with E-state index in [4.69, 9.17) is 10.5 Å². The van der Waals surface area contributed by atoms with Crippen molar-refractivity contribution >= 4 is 39.8 Å². The number of aromatic nitrogens is 3. The number of nitrogens with zero attached hydrogens (tertiary/aromatic N) is 3. The van der Waals surface area contributed by atoms with Gasteiger partial charge in [-0.2, -0.15) is 15.0 Å². The molecule has 9 heteroatoms. The van der Waals surface area contributed by atoms with Crippen molar-refractivity contribution < 1.29 is 13.9 Å². The van der Waals surface area contributed by atoms with Crippen LogP contribution in [-0.2, 0) is 6.61 Å². The summed E-state index contributed by atoms with van der Waals surface area (Å²) in [5.74, 6) is 0.543. The fourth-order valence-corrected chi connectivity index (χ4v) is 2.48. The zero-order valence-electron chi connectivity index (χ0n) is 13.3. The highest BCUT2D eigenvalue weighted by Gasteiger charge is 2.09. The second-order valence-corrected chi connectivity index (χ2v) is 6.07. The fraction of sp³-hybridized carbons (Fsp3) is 0.0588. The highest BCUT2D eigenvalue weighted by Crippen LogP contribution is 2.22. The molecule has 0 aliphatic carbocycles. The van der Waals surface area contributed by atoms with Gasteiger partial charge in [0, 0.05) is 10.2 Å². The molecule has 0 spiro atoms. The van der Waals surface area contributed by atoms with E-state index in [-0.39, 0.29) is 30.1 Å². The lowest BCUT2D eigenvalue weighted by atomic mass is 10.2. The van der Waals surface area contributed by atoms with E-state index in [9.17, 15) is 9.18 Å². The predicted molar refractivity (Wildman–Crippen MR) is 97.8 cm³/mol. The summed E-state index contributed by atoms with van der Waals surface area (Å²) in [7, 11) is 0. The molecule has 3 N–H and O–H groups in total.